The quantitative estimate of drug-likeness (QED) is 0.145. The monoisotopic (exact) mass is 659 g/mol. The molecule has 2 aromatic heterocycles. The highest BCUT2D eigenvalue weighted by Crippen LogP contribution is 2.53. The van der Waals surface area contributed by atoms with Gasteiger partial charge in [0.2, 0.25) is 0 Å². The average Bonchev–Trinajstić information content (AvgIpc) is 3.40. The third-order valence-electron chi connectivity index (χ3n) is 6.02. The molecule has 0 unspecified atom stereocenters. The first-order chi connectivity index (χ1) is 20.0. The molecule has 1 aromatic carbocycles. The van der Waals surface area contributed by atoms with Gasteiger partial charge in [-0.15, -0.1) is 22.9 Å². The van der Waals surface area contributed by atoms with Crippen LogP contribution in [0.5, 0.6) is 17.2 Å². The molecule has 1 fully saturated rings. The number of anilines is 1. The van der Waals surface area contributed by atoms with E-state index in [9.17, 15) is 22.9 Å². The number of amides is 1. The summed E-state index contributed by atoms with van der Waals surface area (Å²) in [5.41, 5.74) is 0.621. The normalized spacial score (nSPS) is 15.6. The van der Waals surface area contributed by atoms with E-state index in [-0.39, 0.29) is 52.1 Å². The van der Waals surface area contributed by atoms with Crippen molar-refractivity contribution < 1.29 is 41.4 Å². The molecule has 0 radical (unpaired) electrons. The molecular weight excluding hydrogens is 629 g/mol. The van der Waals surface area contributed by atoms with Crippen LogP contribution in [0.25, 0.3) is 0 Å². The van der Waals surface area contributed by atoms with Crippen LogP contribution in [0, 0.1) is 0 Å². The van der Waals surface area contributed by atoms with Crippen molar-refractivity contribution in [1.29, 1.82) is 0 Å². The summed E-state index contributed by atoms with van der Waals surface area (Å²) in [5.74, 6) is 0.276. The van der Waals surface area contributed by atoms with Crippen molar-refractivity contribution in [2.24, 2.45) is 0 Å². The number of aliphatic hydroxyl groups is 1. The lowest BCUT2D eigenvalue weighted by Crippen LogP contribution is -2.29. The fourth-order valence-corrected chi connectivity index (χ4v) is 7.35. The van der Waals surface area contributed by atoms with E-state index >= 15 is 0 Å². The summed E-state index contributed by atoms with van der Waals surface area (Å²) >= 11 is 7.36. The number of sulfone groups is 1. The second-order valence-electron chi connectivity index (χ2n) is 9.32. The van der Waals surface area contributed by atoms with Crippen LogP contribution < -0.4 is 14.4 Å². The standard InChI is InChI=1S/C26H31ClN3O9PS2/c1-3-20(7-8-31)38-22-11-18(12-23(13-22)39-21-5-6-24(28-14-21)42(2,34)35)25(32)30(17-27)26-29-19(16-41-26)15-40(33)36-9-4-10-37-40/h5-6,11-14,16,20,31H,3-4,7-10,15,17H2,1-2H3/t20-/m0/s1. The van der Waals surface area contributed by atoms with Gasteiger partial charge in [-0.1, -0.05) is 6.92 Å². The number of thiazole rings is 1. The summed E-state index contributed by atoms with van der Waals surface area (Å²) in [7, 11) is -6.80. The predicted molar refractivity (Wildman–Crippen MR) is 158 cm³/mol. The topological polar surface area (TPSA) is 154 Å². The number of hydrogen-bond acceptors (Lipinski definition) is 12. The van der Waals surface area contributed by atoms with Gasteiger partial charge in [-0.25, -0.2) is 18.4 Å². The summed E-state index contributed by atoms with van der Waals surface area (Å²) in [6.07, 6.45) is 3.63. The van der Waals surface area contributed by atoms with Crippen molar-refractivity contribution >= 4 is 51.4 Å². The zero-order valence-corrected chi connectivity index (χ0v) is 26.3. The van der Waals surface area contributed by atoms with Crippen LogP contribution in [0.2, 0.25) is 0 Å². The highest BCUT2D eigenvalue weighted by Gasteiger charge is 2.30. The van der Waals surface area contributed by atoms with Crippen LogP contribution in [0.3, 0.4) is 0 Å². The molecule has 1 atom stereocenters. The fraction of sp³-hybridized carbons (Fsp3) is 0.423. The average molecular weight is 660 g/mol. The van der Waals surface area contributed by atoms with Crippen molar-refractivity contribution in [2.45, 2.75) is 43.5 Å². The van der Waals surface area contributed by atoms with E-state index in [1.807, 2.05) is 6.92 Å². The SMILES string of the molecule is CC[C@@H](CCO)Oc1cc(Oc2ccc(S(C)(=O)=O)nc2)cc(C(=O)N(CCl)c2nc(CP3(=O)OCCCO3)cs2)c1. The Labute approximate surface area is 253 Å². The minimum Gasteiger partial charge on any atom is -0.490 e. The molecule has 0 spiro atoms. The zero-order valence-electron chi connectivity index (χ0n) is 23.0. The lowest BCUT2D eigenvalue weighted by Gasteiger charge is -2.22. The van der Waals surface area contributed by atoms with E-state index in [0.29, 0.717) is 43.9 Å². The third-order valence-corrected chi connectivity index (χ3v) is 10.0. The molecule has 1 aliphatic rings. The molecule has 3 heterocycles. The van der Waals surface area contributed by atoms with E-state index in [2.05, 4.69) is 9.97 Å². The van der Waals surface area contributed by atoms with Gasteiger partial charge < -0.3 is 23.6 Å². The maximum absolute atomic E-state index is 13.7. The largest absolute Gasteiger partial charge is 0.490 e. The molecule has 0 aliphatic carbocycles. The van der Waals surface area contributed by atoms with Gasteiger partial charge in [0.05, 0.1) is 31.3 Å². The van der Waals surface area contributed by atoms with Crippen molar-refractivity contribution in [3.8, 4) is 17.2 Å². The van der Waals surface area contributed by atoms with Gasteiger partial charge in [-0.2, -0.15) is 0 Å². The maximum Gasteiger partial charge on any atom is 0.336 e. The smallest absolute Gasteiger partial charge is 0.336 e. The summed E-state index contributed by atoms with van der Waals surface area (Å²) in [5, 5.41) is 11.3. The van der Waals surface area contributed by atoms with Crippen molar-refractivity contribution in [3.05, 3.63) is 53.2 Å². The summed E-state index contributed by atoms with van der Waals surface area (Å²) in [4.78, 5) is 23.3. The van der Waals surface area contributed by atoms with Gasteiger partial charge >= 0.3 is 7.60 Å². The minimum absolute atomic E-state index is 0.0233. The molecule has 0 bridgehead atoms. The number of halogens is 1. The van der Waals surface area contributed by atoms with E-state index in [1.165, 1.54) is 35.4 Å². The second kappa shape index (κ2) is 14.3. The van der Waals surface area contributed by atoms with Gasteiger partial charge in [-0.3, -0.25) is 14.3 Å². The Hall–Kier alpha value is -2.58. The number of rotatable bonds is 13. The molecule has 1 amide bonds. The van der Waals surface area contributed by atoms with Gasteiger partial charge in [0.15, 0.2) is 20.0 Å². The van der Waals surface area contributed by atoms with Crippen LogP contribution in [-0.4, -0.2) is 67.6 Å². The Balaban J connectivity index is 1.61. The Morgan fingerprint density at radius 3 is 2.57 bits per heavy atom. The molecule has 228 valence electrons. The highest BCUT2D eigenvalue weighted by molar-refractivity contribution is 7.90. The second-order valence-corrected chi connectivity index (χ2v) is 14.4. The van der Waals surface area contributed by atoms with Crippen LogP contribution in [0.4, 0.5) is 5.13 Å². The lowest BCUT2D eigenvalue weighted by atomic mass is 10.1. The van der Waals surface area contributed by atoms with E-state index in [0.717, 1.165) is 17.6 Å². The Bertz CT molecular complexity index is 1530. The van der Waals surface area contributed by atoms with Crippen molar-refractivity contribution in [3.63, 3.8) is 0 Å². The molecule has 1 aliphatic heterocycles. The van der Waals surface area contributed by atoms with Crippen LogP contribution in [-0.2, 0) is 29.6 Å². The number of pyridine rings is 1. The number of benzene rings is 1. The molecule has 42 heavy (non-hydrogen) atoms. The van der Waals surface area contributed by atoms with Crippen LogP contribution in [0.15, 0.2) is 46.9 Å². The fourth-order valence-electron chi connectivity index (χ4n) is 3.92. The Morgan fingerprint density at radius 1 is 1.21 bits per heavy atom. The number of carbonyl (C=O) groups is 1. The highest BCUT2D eigenvalue weighted by atomic mass is 35.5. The predicted octanol–water partition coefficient (Wildman–Crippen LogP) is 5.25. The first kappa shape index (κ1) is 32.3. The number of aliphatic hydroxyl groups excluding tert-OH is 1. The molecular formula is C26H31ClN3O9PS2. The molecule has 3 aromatic rings. The molecule has 12 nitrogen and oxygen atoms in total. The van der Waals surface area contributed by atoms with Gasteiger partial charge in [0.1, 0.15) is 29.4 Å². The van der Waals surface area contributed by atoms with Crippen molar-refractivity contribution in [1.82, 2.24) is 9.97 Å². The number of alkyl halides is 1. The summed E-state index contributed by atoms with van der Waals surface area (Å²) in [6.45, 7) is 2.53. The first-order valence-corrected chi connectivity index (χ1v) is 18.0. The molecule has 4 rings (SSSR count). The third kappa shape index (κ3) is 8.50. The number of aromatic nitrogens is 2. The number of ether oxygens (including phenoxy) is 2. The zero-order chi connectivity index (χ0) is 30.3. The first-order valence-electron chi connectivity index (χ1n) is 13.0. The van der Waals surface area contributed by atoms with Crippen LogP contribution >= 0.6 is 30.5 Å². The van der Waals surface area contributed by atoms with E-state index < -0.39 is 23.3 Å². The molecule has 16 heteroatoms. The Morgan fingerprint density at radius 2 is 1.95 bits per heavy atom. The van der Waals surface area contributed by atoms with Gasteiger partial charge in [0, 0.05) is 36.3 Å². The molecule has 1 saturated heterocycles. The lowest BCUT2D eigenvalue weighted by molar-refractivity contribution is 0.0989. The van der Waals surface area contributed by atoms with E-state index in [1.54, 1.807) is 11.4 Å². The molecule has 0 saturated carbocycles. The summed E-state index contributed by atoms with van der Waals surface area (Å²) in [6, 6.07) is 7.15. The number of carbonyl (C=O) groups excluding carboxylic acids is 1. The number of hydrogen-bond donors (Lipinski definition) is 1. The van der Waals surface area contributed by atoms with Crippen LogP contribution in [0.1, 0.15) is 42.2 Å². The minimum atomic E-state index is -3.49. The van der Waals surface area contributed by atoms with E-state index in [4.69, 9.17) is 30.1 Å². The van der Waals surface area contributed by atoms with Gasteiger partial charge in [-0.05, 0) is 37.1 Å². The summed E-state index contributed by atoms with van der Waals surface area (Å²) < 4.78 is 59.0. The van der Waals surface area contributed by atoms with Gasteiger partial charge in [0.25, 0.3) is 5.91 Å². The molecule has 1 N–H and O–H groups in total. The Kier molecular flexibility index (Phi) is 11.0. The maximum atomic E-state index is 13.7. The van der Waals surface area contributed by atoms with Crippen molar-refractivity contribution in [2.75, 3.05) is 37.0 Å². The number of nitrogens with zero attached hydrogens (tertiary/aromatic N) is 3.